The number of phenolic OH excluding ortho intramolecular Hbond substituents is 1. The Bertz CT molecular complexity index is 738. The third-order valence-electron chi connectivity index (χ3n) is 5.20. The summed E-state index contributed by atoms with van der Waals surface area (Å²) in [5.74, 6) is 0.667. The Morgan fingerprint density at radius 1 is 1.16 bits per heavy atom. The number of hydrogen-bond acceptors (Lipinski definition) is 7. The summed E-state index contributed by atoms with van der Waals surface area (Å²) >= 11 is 0. The molecule has 3 rings (SSSR count). The predicted octanol–water partition coefficient (Wildman–Crippen LogP) is 3.54. The fourth-order valence-corrected chi connectivity index (χ4v) is 3.84. The molecule has 2 aliphatic carbocycles. The van der Waals surface area contributed by atoms with Crippen molar-refractivity contribution in [3.05, 3.63) is 35.2 Å². The van der Waals surface area contributed by atoms with Gasteiger partial charge in [-0.2, -0.15) is 0 Å². The molecule has 0 spiro atoms. The van der Waals surface area contributed by atoms with Crippen LogP contribution in [-0.2, 0) is 4.79 Å². The molecular formula is C24H39N3O4. The number of aliphatic hydroxyl groups excluding tert-OH is 1. The summed E-state index contributed by atoms with van der Waals surface area (Å²) in [6.45, 7) is 2.16. The number of aromatic hydroxyl groups is 1. The van der Waals surface area contributed by atoms with Crippen LogP contribution in [0, 0.1) is 5.92 Å². The number of ketones is 1. The van der Waals surface area contributed by atoms with E-state index >= 15 is 0 Å². The number of nitrogens with one attached hydrogen (secondary N) is 2. The Kier molecular flexibility index (Phi) is 11.9. The van der Waals surface area contributed by atoms with Crippen LogP contribution in [0.3, 0.4) is 0 Å². The second kappa shape index (κ2) is 13.8. The van der Waals surface area contributed by atoms with Gasteiger partial charge in [0.25, 0.3) is 0 Å². The van der Waals surface area contributed by atoms with E-state index < -0.39 is 0 Å². The molecular weight excluding hydrogens is 394 g/mol. The molecule has 1 aromatic carbocycles. The standard InChI is InChI=1S/C20H26N2O3.C3H9N.CH4O/c1-13(10-14-6-3-2-4-7-14)21-17-11-18(24)19(17)22-16-9-5-8-15(12-23)20(16)25;1-4(2)3;1-2/h5,8-9,12-14,21-22,25H,2-4,6-7,10-11H2,1H3;1-3H3;2H,1H3. The molecule has 174 valence electrons. The molecule has 7 nitrogen and oxygen atoms in total. The van der Waals surface area contributed by atoms with Crippen molar-refractivity contribution in [1.29, 1.82) is 0 Å². The van der Waals surface area contributed by atoms with Crippen LogP contribution in [0.2, 0.25) is 0 Å². The molecule has 1 saturated carbocycles. The zero-order valence-electron chi connectivity index (χ0n) is 19.6. The monoisotopic (exact) mass is 433 g/mol. The van der Waals surface area contributed by atoms with Crippen LogP contribution in [0.1, 0.15) is 62.2 Å². The summed E-state index contributed by atoms with van der Waals surface area (Å²) in [7, 11) is 7.00. The summed E-state index contributed by atoms with van der Waals surface area (Å²) in [4.78, 5) is 24.9. The molecule has 7 heteroatoms. The van der Waals surface area contributed by atoms with E-state index in [4.69, 9.17) is 5.11 Å². The Morgan fingerprint density at radius 2 is 1.77 bits per heavy atom. The van der Waals surface area contributed by atoms with E-state index in [1.54, 1.807) is 12.1 Å². The number of anilines is 1. The Morgan fingerprint density at radius 3 is 2.32 bits per heavy atom. The van der Waals surface area contributed by atoms with Crippen LogP contribution >= 0.6 is 0 Å². The minimum absolute atomic E-state index is 0.0169. The smallest absolute Gasteiger partial charge is 0.186 e. The number of allylic oxidation sites excluding steroid dienone is 2. The van der Waals surface area contributed by atoms with Crippen LogP contribution in [0.4, 0.5) is 5.69 Å². The van der Waals surface area contributed by atoms with Gasteiger partial charge in [0.05, 0.1) is 17.7 Å². The summed E-state index contributed by atoms with van der Waals surface area (Å²) in [5, 5.41) is 23.5. The number of carbonyl (C=O) groups excluding carboxylic acids is 2. The van der Waals surface area contributed by atoms with Crippen molar-refractivity contribution in [2.45, 2.75) is 57.9 Å². The largest absolute Gasteiger partial charge is 0.505 e. The van der Waals surface area contributed by atoms with E-state index in [2.05, 4.69) is 17.6 Å². The number of aldehydes is 1. The lowest BCUT2D eigenvalue weighted by atomic mass is 9.85. The first-order chi connectivity index (χ1) is 14.8. The number of hydrogen-bond donors (Lipinski definition) is 4. The van der Waals surface area contributed by atoms with Crippen molar-refractivity contribution >= 4 is 17.8 Å². The number of Topliss-reactive ketones (excluding diaryl/α,β-unsaturated/α-hetero) is 1. The molecule has 1 fully saturated rings. The van der Waals surface area contributed by atoms with Crippen molar-refractivity contribution in [1.82, 2.24) is 10.2 Å². The quantitative estimate of drug-likeness (QED) is 0.385. The maximum Gasteiger partial charge on any atom is 0.186 e. The maximum atomic E-state index is 12.0. The van der Waals surface area contributed by atoms with Gasteiger partial charge >= 0.3 is 0 Å². The van der Waals surface area contributed by atoms with Crippen LogP contribution in [0.5, 0.6) is 5.75 Å². The van der Waals surface area contributed by atoms with Crippen molar-refractivity contribution in [2.75, 3.05) is 33.6 Å². The van der Waals surface area contributed by atoms with Gasteiger partial charge in [-0.25, -0.2) is 0 Å². The third kappa shape index (κ3) is 8.71. The van der Waals surface area contributed by atoms with Crippen molar-refractivity contribution in [3.63, 3.8) is 0 Å². The molecule has 2 aliphatic rings. The minimum atomic E-state index is -0.126. The van der Waals surface area contributed by atoms with Gasteiger partial charge < -0.3 is 25.7 Å². The molecule has 0 radical (unpaired) electrons. The summed E-state index contributed by atoms with van der Waals surface area (Å²) in [6.07, 6.45) is 8.75. The first-order valence-corrected chi connectivity index (χ1v) is 10.9. The Balaban J connectivity index is 0.000000720. The normalized spacial score (nSPS) is 16.9. The van der Waals surface area contributed by atoms with Crippen molar-refractivity contribution in [3.8, 4) is 5.75 Å². The summed E-state index contributed by atoms with van der Waals surface area (Å²) < 4.78 is 0. The molecule has 4 N–H and O–H groups in total. The Labute approximate surface area is 186 Å². The number of nitrogens with zero attached hydrogens (tertiary/aromatic N) is 1. The average Bonchev–Trinajstić information content (AvgIpc) is 2.74. The highest BCUT2D eigenvalue weighted by Crippen LogP contribution is 2.32. The number of benzene rings is 1. The lowest BCUT2D eigenvalue weighted by molar-refractivity contribution is -0.116. The molecule has 0 aliphatic heterocycles. The topological polar surface area (TPSA) is 102 Å². The number of para-hydroxylation sites is 1. The van der Waals surface area contributed by atoms with E-state index in [0.717, 1.165) is 25.1 Å². The second-order valence-corrected chi connectivity index (χ2v) is 8.57. The third-order valence-corrected chi connectivity index (χ3v) is 5.20. The van der Waals surface area contributed by atoms with Gasteiger partial charge in [0, 0.05) is 18.8 Å². The lowest BCUT2D eigenvalue weighted by Crippen LogP contribution is -2.37. The summed E-state index contributed by atoms with van der Waals surface area (Å²) in [6, 6.07) is 5.19. The second-order valence-electron chi connectivity index (χ2n) is 8.57. The predicted molar refractivity (Wildman–Crippen MR) is 125 cm³/mol. The van der Waals surface area contributed by atoms with Gasteiger partial charge in [0.1, 0.15) is 11.4 Å². The van der Waals surface area contributed by atoms with Crippen LogP contribution in [0.25, 0.3) is 0 Å². The highest BCUT2D eigenvalue weighted by atomic mass is 16.3. The first-order valence-electron chi connectivity index (χ1n) is 10.9. The molecule has 0 heterocycles. The van der Waals surface area contributed by atoms with E-state index in [0.29, 0.717) is 30.1 Å². The molecule has 1 unspecified atom stereocenters. The minimum Gasteiger partial charge on any atom is -0.505 e. The maximum absolute atomic E-state index is 12.0. The molecule has 0 saturated heterocycles. The SMILES string of the molecule is CC(CC1CCCCC1)NC1=C(Nc2cccc(C=O)c2O)C(=O)C1.CN(C)C.CO. The molecule has 1 aromatic rings. The number of rotatable bonds is 7. The average molecular weight is 434 g/mol. The lowest BCUT2D eigenvalue weighted by Gasteiger charge is -2.30. The van der Waals surface area contributed by atoms with Crippen LogP contribution in [-0.4, -0.2) is 61.5 Å². The number of phenols is 1. The van der Waals surface area contributed by atoms with Gasteiger partial charge in [-0.1, -0.05) is 38.2 Å². The molecule has 1 atom stereocenters. The zero-order valence-corrected chi connectivity index (χ0v) is 19.6. The molecule has 0 bridgehead atoms. The number of carbonyl (C=O) groups is 2. The highest BCUT2D eigenvalue weighted by Gasteiger charge is 2.29. The fourth-order valence-electron chi connectivity index (χ4n) is 3.84. The molecule has 31 heavy (non-hydrogen) atoms. The van der Waals surface area contributed by atoms with Crippen molar-refractivity contribution < 1.29 is 19.8 Å². The van der Waals surface area contributed by atoms with Gasteiger partial charge in [0.15, 0.2) is 12.1 Å². The van der Waals surface area contributed by atoms with Gasteiger partial charge in [-0.3, -0.25) is 9.59 Å². The first kappa shape index (κ1) is 26.7. The molecule has 0 amide bonds. The van der Waals surface area contributed by atoms with Gasteiger partial charge in [-0.05, 0) is 52.5 Å². The van der Waals surface area contributed by atoms with E-state index in [9.17, 15) is 14.7 Å². The van der Waals surface area contributed by atoms with Gasteiger partial charge in [-0.15, -0.1) is 0 Å². The van der Waals surface area contributed by atoms with Crippen molar-refractivity contribution in [2.24, 2.45) is 5.92 Å². The Hall–Kier alpha value is -2.38. The van der Waals surface area contributed by atoms with Crippen LogP contribution < -0.4 is 10.6 Å². The summed E-state index contributed by atoms with van der Waals surface area (Å²) in [5.41, 5.74) is 1.97. The van der Waals surface area contributed by atoms with Gasteiger partial charge in [0.2, 0.25) is 0 Å². The van der Waals surface area contributed by atoms with E-state index in [1.807, 2.05) is 26.0 Å². The zero-order chi connectivity index (χ0) is 23.4. The highest BCUT2D eigenvalue weighted by molar-refractivity contribution is 6.07. The number of aliphatic hydroxyl groups is 1. The fraction of sp³-hybridized carbons (Fsp3) is 0.583. The van der Waals surface area contributed by atoms with E-state index in [1.165, 1.54) is 38.2 Å². The van der Waals surface area contributed by atoms with Crippen LogP contribution in [0.15, 0.2) is 29.6 Å². The van der Waals surface area contributed by atoms with E-state index in [-0.39, 0.29) is 17.1 Å². The molecule has 0 aromatic heterocycles.